The number of aliphatic hydroxyl groups excluding tert-OH is 1. The van der Waals surface area contributed by atoms with Crippen molar-refractivity contribution in [2.45, 2.75) is 22.8 Å². The fourth-order valence-electron chi connectivity index (χ4n) is 4.94. The number of fused-ring (bicyclic) bond motifs is 4. The van der Waals surface area contributed by atoms with Crippen LogP contribution < -0.4 is 9.47 Å². The molecule has 0 spiro atoms. The van der Waals surface area contributed by atoms with Crippen LogP contribution in [-0.2, 0) is 0 Å². The summed E-state index contributed by atoms with van der Waals surface area (Å²) in [5, 5.41) is 39.8. The van der Waals surface area contributed by atoms with Crippen LogP contribution in [0.15, 0.2) is 130 Å². The van der Waals surface area contributed by atoms with Gasteiger partial charge in [-0.1, -0.05) is 108 Å². The Morgan fingerprint density at radius 3 is 1.45 bits per heavy atom. The Bertz CT molecular complexity index is 1910. The number of aromatic nitrogens is 6. The maximum atomic E-state index is 10.8. The predicted octanol–water partition coefficient (Wildman–Crippen LogP) is 6.37. The third kappa shape index (κ3) is 7.91. The van der Waals surface area contributed by atoms with Crippen molar-refractivity contribution < 1.29 is 14.6 Å². The molecule has 11 nitrogen and oxygen atoms in total. The summed E-state index contributed by atoms with van der Waals surface area (Å²) in [6, 6.07) is 34.8. The minimum Gasteiger partial charge on any atom is -0.490 e. The molecule has 6 aromatic rings. The van der Waals surface area contributed by atoms with Gasteiger partial charge in [0, 0.05) is 33.8 Å². The highest BCUT2D eigenvalue weighted by molar-refractivity contribution is 8.00. The maximum absolute atomic E-state index is 10.8. The number of para-hydroxylation sites is 2. The van der Waals surface area contributed by atoms with Crippen LogP contribution in [0.25, 0.3) is 22.8 Å². The SMILES string of the molecule is OC1COc2ccccc2/C=N/n2c(nnc2-c2ccccc2)SCCCSc2nnc(-c3ccccc3)n2/N=C/c2ccccc2OC1. The minimum atomic E-state index is -0.899. The molecule has 7 rings (SSSR count). The summed E-state index contributed by atoms with van der Waals surface area (Å²) in [5.74, 6) is 3.99. The van der Waals surface area contributed by atoms with Crippen LogP contribution in [0.2, 0.25) is 0 Å². The second-order valence-corrected chi connectivity index (χ2v) is 13.0. The van der Waals surface area contributed by atoms with Crippen molar-refractivity contribution in [3.05, 3.63) is 120 Å². The van der Waals surface area contributed by atoms with E-state index in [9.17, 15) is 5.11 Å². The number of benzene rings is 4. The quantitative estimate of drug-likeness (QED) is 0.221. The lowest BCUT2D eigenvalue weighted by Gasteiger charge is -2.16. The highest BCUT2D eigenvalue weighted by Crippen LogP contribution is 2.28. The zero-order valence-electron chi connectivity index (χ0n) is 26.3. The molecule has 0 unspecified atom stereocenters. The molecular weight excluding hydrogens is 657 g/mol. The first-order valence-electron chi connectivity index (χ1n) is 15.7. The minimum absolute atomic E-state index is 0.0197. The molecule has 0 aliphatic carbocycles. The first-order chi connectivity index (χ1) is 24.2. The summed E-state index contributed by atoms with van der Waals surface area (Å²) in [6.45, 7) is 0.0394. The molecule has 2 aromatic heterocycles. The number of hydrogen-bond acceptors (Lipinski definition) is 11. The van der Waals surface area contributed by atoms with Crippen LogP contribution >= 0.6 is 23.5 Å². The number of thioether (sulfide) groups is 2. The Balaban J connectivity index is 1.21. The second kappa shape index (κ2) is 15.8. The van der Waals surface area contributed by atoms with Gasteiger partial charge in [0.25, 0.3) is 0 Å². The van der Waals surface area contributed by atoms with Crippen LogP contribution in [-0.4, -0.2) is 78.1 Å². The Hall–Kier alpha value is -5.24. The molecular formula is C36H32N8O3S2. The van der Waals surface area contributed by atoms with Gasteiger partial charge in [-0.25, -0.2) is 0 Å². The van der Waals surface area contributed by atoms with Crippen molar-refractivity contribution in [1.29, 1.82) is 0 Å². The summed E-state index contributed by atoms with van der Waals surface area (Å²) < 4.78 is 15.6. The van der Waals surface area contributed by atoms with Gasteiger partial charge in [-0.3, -0.25) is 0 Å². The van der Waals surface area contributed by atoms with Crippen molar-refractivity contribution in [2.24, 2.45) is 10.2 Å². The van der Waals surface area contributed by atoms with E-state index in [-0.39, 0.29) is 13.2 Å². The highest BCUT2D eigenvalue weighted by atomic mass is 32.2. The first kappa shape index (κ1) is 32.3. The van der Waals surface area contributed by atoms with Crippen LogP contribution in [0.1, 0.15) is 17.5 Å². The van der Waals surface area contributed by atoms with Crippen molar-refractivity contribution in [2.75, 3.05) is 24.7 Å². The molecule has 0 amide bonds. The molecule has 1 aliphatic rings. The first-order valence-corrected chi connectivity index (χ1v) is 17.7. The van der Waals surface area contributed by atoms with Crippen LogP contribution in [0.4, 0.5) is 0 Å². The molecule has 0 bridgehead atoms. The van der Waals surface area contributed by atoms with Gasteiger partial charge in [0.05, 0.1) is 12.4 Å². The number of nitrogens with zero attached hydrogens (tertiary/aromatic N) is 8. The van der Waals surface area contributed by atoms with Crippen molar-refractivity contribution in [3.8, 4) is 34.3 Å². The topological polar surface area (TPSA) is 125 Å². The number of ether oxygens (including phenoxy) is 2. The van der Waals surface area contributed by atoms with E-state index in [0.29, 0.717) is 33.5 Å². The van der Waals surface area contributed by atoms with Crippen LogP contribution in [0, 0.1) is 0 Å². The van der Waals surface area contributed by atoms with Crippen LogP contribution in [0.5, 0.6) is 11.5 Å². The molecule has 0 fully saturated rings. The molecule has 13 heteroatoms. The molecule has 3 heterocycles. The Morgan fingerprint density at radius 2 is 0.980 bits per heavy atom. The van der Waals surface area contributed by atoms with E-state index in [0.717, 1.165) is 40.2 Å². The predicted molar refractivity (Wildman–Crippen MR) is 193 cm³/mol. The standard InChI is InChI=1S/C36H32N8O3S2/c45-30-24-46-31-18-9-7-16-28(31)22-37-43-33(26-12-3-1-4-13-26)39-41-35(43)48-20-11-21-49-36-42-40-34(27-14-5-2-6-15-27)44(36)38-23-29-17-8-10-19-32(29)47-25-30/h1-10,12-19,22-23,30,45H,11,20-21,24-25H2/b37-22+,38-23+. The zero-order chi connectivity index (χ0) is 33.3. The lowest BCUT2D eigenvalue weighted by Crippen LogP contribution is -2.25. The summed E-state index contributed by atoms with van der Waals surface area (Å²) >= 11 is 3.17. The second-order valence-electron chi connectivity index (χ2n) is 10.9. The van der Waals surface area contributed by atoms with Gasteiger partial charge in [0.15, 0.2) is 11.6 Å². The van der Waals surface area contributed by atoms with E-state index in [2.05, 4.69) is 20.4 Å². The number of hydrogen-bond donors (Lipinski definition) is 1. The summed E-state index contributed by atoms with van der Waals surface area (Å²) in [7, 11) is 0. The highest BCUT2D eigenvalue weighted by Gasteiger charge is 2.17. The van der Waals surface area contributed by atoms with Gasteiger partial charge in [-0.05, 0) is 30.7 Å². The van der Waals surface area contributed by atoms with Crippen LogP contribution in [0.3, 0.4) is 0 Å². The van der Waals surface area contributed by atoms with Gasteiger partial charge < -0.3 is 14.6 Å². The molecule has 49 heavy (non-hydrogen) atoms. The lowest BCUT2D eigenvalue weighted by atomic mass is 10.2. The average molecular weight is 689 g/mol. The van der Waals surface area contributed by atoms with Gasteiger partial charge in [0.1, 0.15) is 30.8 Å². The van der Waals surface area contributed by atoms with E-state index in [1.165, 1.54) is 0 Å². The molecule has 0 radical (unpaired) electrons. The summed E-state index contributed by atoms with van der Waals surface area (Å²) in [4.78, 5) is 0. The number of aliphatic hydroxyl groups is 1. The van der Waals surface area contributed by atoms with Gasteiger partial charge in [-0.2, -0.15) is 19.6 Å². The normalized spacial score (nSPS) is 15.9. The fourth-order valence-corrected chi connectivity index (χ4v) is 6.77. The van der Waals surface area contributed by atoms with E-state index in [1.54, 1.807) is 45.3 Å². The molecule has 0 atom stereocenters. The molecule has 0 saturated heterocycles. The van der Waals surface area contributed by atoms with Gasteiger partial charge >= 0.3 is 0 Å². The van der Waals surface area contributed by atoms with Gasteiger partial charge in [0.2, 0.25) is 10.3 Å². The molecule has 1 N–H and O–H groups in total. The smallest absolute Gasteiger partial charge is 0.212 e. The lowest BCUT2D eigenvalue weighted by molar-refractivity contribution is 0.0625. The third-order valence-electron chi connectivity index (χ3n) is 7.36. The Kier molecular flexibility index (Phi) is 10.4. The third-order valence-corrected chi connectivity index (χ3v) is 9.38. The molecule has 0 saturated carbocycles. The van der Waals surface area contributed by atoms with E-state index in [4.69, 9.17) is 19.7 Å². The molecule has 246 valence electrons. The monoisotopic (exact) mass is 688 g/mol. The van der Waals surface area contributed by atoms with Crippen molar-refractivity contribution in [1.82, 2.24) is 29.7 Å². The maximum Gasteiger partial charge on any atom is 0.212 e. The van der Waals surface area contributed by atoms with E-state index < -0.39 is 6.10 Å². The fraction of sp³-hybridized carbons (Fsp3) is 0.167. The summed E-state index contributed by atoms with van der Waals surface area (Å²) in [6.07, 6.45) is 3.42. The van der Waals surface area contributed by atoms with Crippen molar-refractivity contribution >= 4 is 36.0 Å². The zero-order valence-corrected chi connectivity index (χ0v) is 28.0. The Morgan fingerprint density at radius 1 is 0.551 bits per heavy atom. The van der Waals surface area contributed by atoms with Gasteiger partial charge in [-0.15, -0.1) is 20.4 Å². The number of rotatable bonds is 2. The largest absolute Gasteiger partial charge is 0.490 e. The van der Waals surface area contributed by atoms with E-state index in [1.807, 2.05) is 109 Å². The molecule has 1 aliphatic heterocycles. The van der Waals surface area contributed by atoms with Crippen molar-refractivity contribution in [3.63, 3.8) is 0 Å². The summed E-state index contributed by atoms with van der Waals surface area (Å²) in [5.41, 5.74) is 3.30. The average Bonchev–Trinajstić information content (AvgIpc) is 3.75. The van der Waals surface area contributed by atoms with E-state index >= 15 is 0 Å². The Labute approximate surface area is 291 Å². The molecule has 4 aromatic carbocycles.